The van der Waals surface area contributed by atoms with Crippen molar-refractivity contribution in [1.82, 2.24) is 5.32 Å². The lowest BCUT2D eigenvalue weighted by Gasteiger charge is -2.17. The predicted molar refractivity (Wildman–Crippen MR) is 89.3 cm³/mol. The van der Waals surface area contributed by atoms with E-state index in [9.17, 15) is 0 Å². The van der Waals surface area contributed by atoms with E-state index >= 15 is 0 Å². The molecule has 2 aromatic carbocycles. The molecule has 2 aromatic rings. The van der Waals surface area contributed by atoms with Crippen molar-refractivity contribution in [1.29, 1.82) is 0 Å². The van der Waals surface area contributed by atoms with Crippen LogP contribution in [0.25, 0.3) is 0 Å². The molecule has 0 radical (unpaired) electrons. The van der Waals surface area contributed by atoms with Gasteiger partial charge in [-0.3, -0.25) is 0 Å². The number of halogens is 1. The van der Waals surface area contributed by atoms with E-state index in [4.69, 9.17) is 16.3 Å². The summed E-state index contributed by atoms with van der Waals surface area (Å²) in [5.41, 5.74) is 2.39. The molecule has 0 fully saturated rings. The third-order valence-electron chi connectivity index (χ3n) is 3.56. The van der Waals surface area contributed by atoms with Gasteiger partial charge in [-0.25, -0.2) is 0 Å². The highest BCUT2D eigenvalue weighted by molar-refractivity contribution is 6.31. The summed E-state index contributed by atoms with van der Waals surface area (Å²) in [5, 5.41) is 4.17. The molecular formula is C18H22ClNO. The van der Waals surface area contributed by atoms with Crippen LogP contribution in [0.2, 0.25) is 5.02 Å². The summed E-state index contributed by atoms with van der Waals surface area (Å²) in [6, 6.07) is 16.5. The molecule has 0 spiro atoms. The van der Waals surface area contributed by atoms with Gasteiger partial charge in [0.15, 0.2) is 0 Å². The minimum atomic E-state index is 0.356. The van der Waals surface area contributed by atoms with Gasteiger partial charge in [0.1, 0.15) is 5.75 Å². The van der Waals surface area contributed by atoms with Crippen molar-refractivity contribution in [3.63, 3.8) is 0 Å². The van der Waals surface area contributed by atoms with Crippen LogP contribution in [0.3, 0.4) is 0 Å². The minimum absolute atomic E-state index is 0.356. The van der Waals surface area contributed by atoms with Gasteiger partial charge < -0.3 is 10.1 Å². The Hall–Kier alpha value is -1.51. The first-order chi connectivity index (χ1) is 10.2. The second-order valence-corrected chi connectivity index (χ2v) is 5.64. The van der Waals surface area contributed by atoms with Crippen LogP contribution in [-0.4, -0.2) is 19.7 Å². The van der Waals surface area contributed by atoms with Gasteiger partial charge in [-0.1, -0.05) is 41.9 Å². The molecule has 1 N–H and O–H groups in total. The smallest absolute Gasteiger partial charge is 0.119 e. The molecule has 0 saturated heterocycles. The van der Waals surface area contributed by atoms with E-state index in [0.29, 0.717) is 12.6 Å². The second-order valence-electron chi connectivity index (χ2n) is 5.23. The number of benzene rings is 2. The van der Waals surface area contributed by atoms with Crippen molar-refractivity contribution in [2.45, 2.75) is 25.8 Å². The van der Waals surface area contributed by atoms with Gasteiger partial charge in [0.2, 0.25) is 0 Å². The topological polar surface area (TPSA) is 21.3 Å². The Morgan fingerprint density at radius 3 is 2.67 bits per heavy atom. The zero-order valence-electron chi connectivity index (χ0n) is 12.6. The average molecular weight is 304 g/mol. The molecule has 1 unspecified atom stereocenters. The van der Waals surface area contributed by atoms with Gasteiger partial charge in [-0.15, -0.1) is 0 Å². The lowest BCUT2D eigenvalue weighted by molar-refractivity contribution is 0.288. The van der Waals surface area contributed by atoms with Crippen LogP contribution in [0.15, 0.2) is 48.5 Å². The molecule has 0 aromatic heterocycles. The monoisotopic (exact) mass is 303 g/mol. The lowest BCUT2D eigenvalue weighted by Crippen LogP contribution is -2.29. The van der Waals surface area contributed by atoms with E-state index in [-0.39, 0.29) is 0 Å². The van der Waals surface area contributed by atoms with E-state index in [1.807, 2.05) is 37.4 Å². The van der Waals surface area contributed by atoms with Gasteiger partial charge >= 0.3 is 0 Å². The van der Waals surface area contributed by atoms with E-state index in [1.54, 1.807) is 0 Å². The van der Waals surface area contributed by atoms with Crippen LogP contribution in [0.5, 0.6) is 5.75 Å². The molecule has 0 saturated carbocycles. The van der Waals surface area contributed by atoms with Crippen molar-refractivity contribution in [2.75, 3.05) is 13.7 Å². The molecule has 0 bridgehead atoms. The quantitative estimate of drug-likeness (QED) is 0.825. The molecule has 0 aliphatic rings. The molecule has 0 aliphatic carbocycles. The highest BCUT2D eigenvalue weighted by Crippen LogP contribution is 2.18. The van der Waals surface area contributed by atoms with Crippen molar-refractivity contribution >= 4 is 11.6 Å². The summed E-state index contributed by atoms with van der Waals surface area (Å²) < 4.78 is 5.81. The molecule has 3 heteroatoms. The second kappa shape index (κ2) is 8.06. The lowest BCUT2D eigenvalue weighted by atomic mass is 10.0. The van der Waals surface area contributed by atoms with Gasteiger partial charge in [0.05, 0.1) is 6.61 Å². The van der Waals surface area contributed by atoms with E-state index < -0.39 is 0 Å². The maximum absolute atomic E-state index is 6.21. The molecule has 112 valence electrons. The van der Waals surface area contributed by atoms with Crippen LogP contribution in [-0.2, 0) is 6.42 Å². The van der Waals surface area contributed by atoms with E-state index in [1.165, 1.54) is 11.1 Å². The number of rotatable bonds is 7. The summed E-state index contributed by atoms with van der Waals surface area (Å²) in [6.07, 6.45) is 1.85. The van der Waals surface area contributed by atoms with Crippen LogP contribution in [0, 0.1) is 6.92 Å². The fraction of sp³-hybridized carbons (Fsp3) is 0.333. The first kappa shape index (κ1) is 15.9. The highest BCUT2D eigenvalue weighted by atomic mass is 35.5. The molecule has 2 nitrogen and oxygen atoms in total. The summed E-state index contributed by atoms with van der Waals surface area (Å²) in [4.78, 5) is 0. The Balaban J connectivity index is 1.84. The van der Waals surface area contributed by atoms with Crippen LogP contribution < -0.4 is 10.1 Å². The summed E-state index contributed by atoms with van der Waals surface area (Å²) >= 11 is 6.21. The number of likely N-dealkylation sites (N-methyl/N-ethyl adjacent to an activating group) is 1. The third-order valence-corrected chi connectivity index (χ3v) is 3.93. The summed E-state index contributed by atoms with van der Waals surface area (Å²) in [7, 11) is 1.98. The number of nitrogens with one attached hydrogen (secondary N) is 1. The Kier molecular flexibility index (Phi) is 6.09. The largest absolute Gasteiger partial charge is 0.494 e. The Bertz CT molecular complexity index is 571. The fourth-order valence-electron chi connectivity index (χ4n) is 2.30. The first-order valence-corrected chi connectivity index (χ1v) is 7.67. The third kappa shape index (κ3) is 5.07. The van der Waals surface area contributed by atoms with Crippen LogP contribution in [0.1, 0.15) is 17.5 Å². The van der Waals surface area contributed by atoms with Crippen molar-refractivity contribution in [2.24, 2.45) is 0 Å². The summed E-state index contributed by atoms with van der Waals surface area (Å²) in [6.45, 7) is 2.76. The number of aryl methyl sites for hydroxylation is 1. The van der Waals surface area contributed by atoms with Crippen molar-refractivity contribution in [3.8, 4) is 5.75 Å². The molecule has 2 rings (SSSR count). The number of hydrogen-bond acceptors (Lipinski definition) is 2. The van der Waals surface area contributed by atoms with Gasteiger partial charge in [-0.05, 0) is 56.1 Å². The van der Waals surface area contributed by atoms with Gasteiger partial charge in [-0.2, -0.15) is 0 Å². The zero-order chi connectivity index (χ0) is 15.1. The number of ether oxygens (including phenoxy) is 1. The highest BCUT2D eigenvalue weighted by Gasteiger charge is 2.09. The minimum Gasteiger partial charge on any atom is -0.494 e. The molecule has 0 amide bonds. The maximum Gasteiger partial charge on any atom is 0.119 e. The Labute approximate surface area is 132 Å². The van der Waals surface area contributed by atoms with Crippen LogP contribution >= 0.6 is 11.6 Å². The van der Waals surface area contributed by atoms with Crippen LogP contribution in [0.4, 0.5) is 0 Å². The molecular weight excluding hydrogens is 282 g/mol. The standard InChI is InChI=1S/C18H22ClNO/c1-14-6-5-8-17(12-14)21-11-10-16(20-2)13-15-7-3-4-9-18(15)19/h3-9,12,16,20H,10-11,13H2,1-2H3. The van der Waals surface area contributed by atoms with Crippen molar-refractivity contribution in [3.05, 3.63) is 64.7 Å². The zero-order valence-corrected chi connectivity index (χ0v) is 13.4. The first-order valence-electron chi connectivity index (χ1n) is 7.29. The Morgan fingerprint density at radius 2 is 1.95 bits per heavy atom. The normalized spacial score (nSPS) is 12.1. The van der Waals surface area contributed by atoms with Gasteiger partial charge in [0, 0.05) is 11.1 Å². The molecule has 0 aliphatic heterocycles. The SMILES string of the molecule is CNC(CCOc1cccc(C)c1)Cc1ccccc1Cl. The van der Waals surface area contributed by atoms with Gasteiger partial charge in [0.25, 0.3) is 0 Å². The van der Waals surface area contributed by atoms with E-state index in [0.717, 1.165) is 23.6 Å². The summed E-state index contributed by atoms with van der Waals surface area (Å²) in [5.74, 6) is 0.933. The van der Waals surface area contributed by atoms with Crippen molar-refractivity contribution < 1.29 is 4.74 Å². The average Bonchev–Trinajstić information content (AvgIpc) is 2.48. The molecule has 21 heavy (non-hydrogen) atoms. The Morgan fingerprint density at radius 1 is 1.14 bits per heavy atom. The fourth-order valence-corrected chi connectivity index (χ4v) is 2.51. The predicted octanol–water partition coefficient (Wildman–Crippen LogP) is 4.25. The number of hydrogen-bond donors (Lipinski definition) is 1. The molecule has 0 heterocycles. The molecule has 1 atom stereocenters. The van der Waals surface area contributed by atoms with E-state index in [2.05, 4.69) is 30.4 Å². The maximum atomic E-state index is 6.21.